The van der Waals surface area contributed by atoms with Gasteiger partial charge in [0.2, 0.25) is 15.9 Å². The van der Waals surface area contributed by atoms with Crippen LogP contribution >= 0.6 is 0 Å². The third kappa shape index (κ3) is 5.46. The number of nitrogens with zero attached hydrogens (tertiary/aromatic N) is 1. The first-order chi connectivity index (χ1) is 13.4. The van der Waals surface area contributed by atoms with Gasteiger partial charge in [-0.1, -0.05) is 38.1 Å². The summed E-state index contributed by atoms with van der Waals surface area (Å²) in [5.41, 5.74) is 1.57. The molecule has 0 aromatic heterocycles. The molecule has 0 aliphatic rings. The van der Waals surface area contributed by atoms with Gasteiger partial charge in [0.25, 0.3) is 0 Å². The number of anilines is 1. The van der Waals surface area contributed by atoms with Gasteiger partial charge in [-0.3, -0.25) is 4.79 Å². The SMILES string of the molecule is CCN(CC)S(=O)(=O)c1ccc(CNC(=O)CNc2ccccc2OC)cc1. The van der Waals surface area contributed by atoms with Gasteiger partial charge in [0.15, 0.2) is 0 Å². The molecule has 0 fully saturated rings. The molecule has 0 unspecified atom stereocenters. The minimum Gasteiger partial charge on any atom is -0.495 e. The zero-order chi connectivity index (χ0) is 20.6. The summed E-state index contributed by atoms with van der Waals surface area (Å²) in [6.07, 6.45) is 0. The Labute approximate surface area is 166 Å². The molecule has 0 radical (unpaired) electrons. The maximum atomic E-state index is 12.5. The molecule has 152 valence electrons. The van der Waals surface area contributed by atoms with E-state index in [0.717, 1.165) is 11.3 Å². The Kier molecular flexibility index (Phi) is 7.83. The summed E-state index contributed by atoms with van der Waals surface area (Å²) in [6.45, 7) is 4.90. The summed E-state index contributed by atoms with van der Waals surface area (Å²) in [5, 5.41) is 5.84. The van der Waals surface area contributed by atoms with Gasteiger partial charge in [-0.2, -0.15) is 4.31 Å². The fourth-order valence-electron chi connectivity index (χ4n) is 2.72. The second-order valence-electron chi connectivity index (χ2n) is 6.06. The van der Waals surface area contributed by atoms with Gasteiger partial charge in [0.05, 0.1) is 24.2 Å². The zero-order valence-corrected chi connectivity index (χ0v) is 17.3. The van der Waals surface area contributed by atoms with E-state index in [1.807, 2.05) is 38.1 Å². The van der Waals surface area contributed by atoms with Crippen molar-refractivity contribution in [3.8, 4) is 5.75 Å². The number of sulfonamides is 1. The number of rotatable bonds is 10. The predicted octanol–water partition coefficient (Wildman–Crippen LogP) is 2.45. The lowest BCUT2D eigenvalue weighted by Crippen LogP contribution is -2.31. The molecule has 1 amide bonds. The van der Waals surface area contributed by atoms with Crippen LogP contribution in [0.25, 0.3) is 0 Å². The van der Waals surface area contributed by atoms with E-state index in [9.17, 15) is 13.2 Å². The summed E-state index contributed by atoms with van der Waals surface area (Å²) in [6, 6.07) is 13.9. The lowest BCUT2D eigenvalue weighted by molar-refractivity contribution is -0.119. The minimum atomic E-state index is -3.47. The first-order valence-electron chi connectivity index (χ1n) is 9.15. The van der Waals surface area contributed by atoms with Crippen molar-refractivity contribution in [3.63, 3.8) is 0 Å². The highest BCUT2D eigenvalue weighted by molar-refractivity contribution is 7.89. The normalized spacial score (nSPS) is 11.3. The number of carbonyl (C=O) groups excluding carboxylic acids is 1. The maximum absolute atomic E-state index is 12.5. The Morgan fingerprint density at radius 2 is 1.68 bits per heavy atom. The fraction of sp³-hybridized carbons (Fsp3) is 0.350. The van der Waals surface area contributed by atoms with Gasteiger partial charge in [0.1, 0.15) is 5.75 Å². The summed E-state index contributed by atoms with van der Waals surface area (Å²) >= 11 is 0. The van der Waals surface area contributed by atoms with Crippen LogP contribution in [0.15, 0.2) is 53.4 Å². The molecular formula is C20H27N3O4S. The van der Waals surface area contributed by atoms with Crippen LogP contribution in [0.2, 0.25) is 0 Å². The largest absolute Gasteiger partial charge is 0.495 e. The van der Waals surface area contributed by atoms with E-state index in [0.29, 0.717) is 25.4 Å². The monoisotopic (exact) mass is 405 g/mol. The van der Waals surface area contributed by atoms with Crippen LogP contribution in [0.3, 0.4) is 0 Å². The Morgan fingerprint density at radius 3 is 2.29 bits per heavy atom. The second kappa shape index (κ2) is 10.1. The molecule has 2 aromatic carbocycles. The molecule has 0 aliphatic heterocycles. The van der Waals surface area contributed by atoms with Crippen LogP contribution in [-0.2, 0) is 21.4 Å². The molecule has 0 aliphatic carbocycles. The van der Waals surface area contributed by atoms with Crippen LogP contribution in [-0.4, -0.2) is 45.4 Å². The molecule has 8 heteroatoms. The van der Waals surface area contributed by atoms with Gasteiger partial charge in [-0.25, -0.2) is 8.42 Å². The average molecular weight is 406 g/mol. The molecule has 2 aromatic rings. The third-order valence-electron chi connectivity index (χ3n) is 4.30. The second-order valence-corrected chi connectivity index (χ2v) is 8.00. The number of hydrogen-bond donors (Lipinski definition) is 2. The molecule has 2 N–H and O–H groups in total. The first-order valence-corrected chi connectivity index (χ1v) is 10.6. The number of benzene rings is 2. The van der Waals surface area contributed by atoms with Gasteiger partial charge in [0, 0.05) is 19.6 Å². The highest BCUT2D eigenvalue weighted by Gasteiger charge is 2.21. The number of hydrogen-bond acceptors (Lipinski definition) is 5. The van der Waals surface area contributed by atoms with Crippen LogP contribution < -0.4 is 15.4 Å². The molecule has 28 heavy (non-hydrogen) atoms. The molecule has 0 saturated carbocycles. The van der Waals surface area contributed by atoms with Crippen molar-refractivity contribution >= 4 is 21.6 Å². The zero-order valence-electron chi connectivity index (χ0n) is 16.4. The van der Waals surface area contributed by atoms with Crippen molar-refractivity contribution < 1.29 is 17.9 Å². The van der Waals surface area contributed by atoms with Gasteiger partial charge < -0.3 is 15.4 Å². The van der Waals surface area contributed by atoms with E-state index < -0.39 is 10.0 Å². The first kappa shape index (κ1) is 21.7. The Balaban J connectivity index is 1.90. The van der Waals surface area contributed by atoms with E-state index >= 15 is 0 Å². The Bertz CT molecular complexity index is 879. The summed E-state index contributed by atoms with van der Waals surface area (Å²) in [4.78, 5) is 12.3. The molecule has 0 atom stereocenters. The van der Waals surface area contributed by atoms with Crippen molar-refractivity contribution in [3.05, 3.63) is 54.1 Å². The standard InChI is InChI=1S/C20H27N3O4S/c1-4-23(5-2)28(25,26)17-12-10-16(11-13-17)14-22-20(24)15-21-18-8-6-7-9-19(18)27-3/h6-13,21H,4-5,14-15H2,1-3H3,(H,22,24). The van der Waals surface area contributed by atoms with Crippen molar-refractivity contribution in [2.24, 2.45) is 0 Å². The molecule has 7 nitrogen and oxygen atoms in total. The van der Waals surface area contributed by atoms with E-state index in [2.05, 4.69) is 10.6 Å². The molecule has 0 bridgehead atoms. The average Bonchev–Trinajstić information content (AvgIpc) is 2.72. The van der Waals surface area contributed by atoms with Crippen LogP contribution in [0.5, 0.6) is 5.75 Å². The number of amides is 1. The number of methoxy groups -OCH3 is 1. The van der Waals surface area contributed by atoms with Gasteiger partial charge in [-0.05, 0) is 29.8 Å². The molecule has 0 saturated heterocycles. The molecule has 0 heterocycles. The van der Waals surface area contributed by atoms with Crippen molar-refractivity contribution in [2.75, 3.05) is 32.1 Å². The Morgan fingerprint density at radius 1 is 1.04 bits per heavy atom. The molecule has 2 rings (SSSR count). The predicted molar refractivity (Wildman–Crippen MR) is 110 cm³/mol. The lowest BCUT2D eigenvalue weighted by atomic mass is 10.2. The quantitative estimate of drug-likeness (QED) is 0.634. The topological polar surface area (TPSA) is 87.7 Å². The summed E-state index contributed by atoms with van der Waals surface area (Å²) in [5.74, 6) is 0.492. The highest BCUT2D eigenvalue weighted by atomic mass is 32.2. The summed E-state index contributed by atoms with van der Waals surface area (Å²) in [7, 11) is -1.90. The smallest absolute Gasteiger partial charge is 0.243 e. The fourth-order valence-corrected chi connectivity index (χ4v) is 4.18. The van der Waals surface area contributed by atoms with Crippen molar-refractivity contribution in [2.45, 2.75) is 25.3 Å². The van der Waals surface area contributed by atoms with E-state index in [1.165, 1.54) is 4.31 Å². The van der Waals surface area contributed by atoms with Crippen molar-refractivity contribution in [1.29, 1.82) is 0 Å². The third-order valence-corrected chi connectivity index (χ3v) is 6.37. The maximum Gasteiger partial charge on any atom is 0.243 e. The Hall–Kier alpha value is -2.58. The number of carbonyl (C=O) groups is 1. The van der Waals surface area contributed by atoms with Gasteiger partial charge >= 0.3 is 0 Å². The van der Waals surface area contributed by atoms with E-state index in [1.54, 1.807) is 31.4 Å². The van der Waals surface area contributed by atoms with E-state index in [4.69, 9.17) is 4.74 Å². The number of nitrogens with one attached hydrogen (secondary N) is 2. The van der Waals surface area contributed by atoms with E-state index in [-0.39, 0.29) is 17.3 Å². The van der Waals surface area contributed by atoms with Crippen LogP contribution in [0.1, 0.15) is 19.4 Å². The number of ether oxygens (including phenoxy) is 1. The lowest BCUT2D eigenvalue weighted by Gasteiger charge is -2.18. The minimum absolute atomic E-state index is 0.106. The van der Waals surface area contributed by atoms with Crippen molar-refractivity contribution in [1.82, 2.24) is 9.62 Å². The molecular weight excluding hydrogens is 378 g/mol. The number of para-hydroxylation sites is 2. The highest BCUT2D eigenvalue weighted by Crippen LogP contribution is 2.22. The van der Waals surface area contributed by atoms with Gasteiger partial charge in [-0.15, -0.1) is 0 Å². The summed E-state index contributed by atoms with van der Waals surface area (Å²) < 4.78 is 31.6. The van der Waals surface area contributed by atoms with Crippen LogP contribution in [0, 0.1) is 0 Å². The molecule has 0 spiro atoms. The van der Waals surface area contributed by atoms with Crippen LogP contribution in [0.4, 0.5) is 5.69 Å².